The van der Waals surface area contributed by atoms with Gasteiger partial charge >= 0.3 is 6.55 Å². The second kappa shape index (κ2) is 6.78. The van der Waals surface area contributed by atoms with Gasteiger partial charge in [0.05, 0.1) is 6.10 Å². The van der Waals surface area contributed by atoms with E-state index in [0.29, 0.717) is 11.2 Å². The molecule has 1 unspecified atom stereocenters. The van der Waals surface area contributed by atoms with Crippen molar-refractivity contribution in [3.63, 3.8) is 0 Å². The van der Waals surface area contributed by atoms with Crippen LogP contribution in [0, 0.1) is 0 Å². The van der Waals surface area contributed by atoms with Crippen molar-refractivity contribution in [3.05, 3.63) is 18.0 Å². The van der Waals surface area contributed by atoms with Crippen LogP contribution in [0.4, 0.5) is 8.78 Å². The molecule has 0 aliphatic carbocycles. The molecular weight excluding hydrogens is 268 g/mol. The first-order chi connectivity index (χ1) is 9.58. The Morgan fingerprint density at radius 3 is 3.00 bits per heavy atom. The van der Waals surface area contributed by atoms with Crippen LogP contribution in [-0.4, -0.2) is 46.9 Å². The molecule has 0 bridgehead atoms. The average Bonchev–Trinajstić information content (AvgIpc) is 2.95. The smallest absolute Gasteiger partial charge is 0.333 e. The Bertz CT molecular complexity index is 445. The molecule has 2 rings (SSSR count). The van der Waals surface area contributed by atoms with Crippen molar-refractivity contribution in [2.24, 2.45) is 0 Å². The summed E-state index contributed by atoms with van der Waals surface area (Å²) in [5, 5.41) is 3.57. The van der Waals surface area contributed by atoms with Crippen molar-refractivity contribution in [2.45, 2.75) is 38.3 Å². The lowest BCUT2D eigenvalue weighted by atomic mass is 10.1. The van der Waals surface area contributed by atoms with Gasteiger partial charge in [0, 0.05) is 26.4 Å². The van der Waals surface area contributed by atoms with E-state index in [-0.39, 0.29) is 17.7 Å². The molecule has 7 heteroatoms. The quantitative estimate of drug-likeness (QED) is 0.835. The van der Waals surface area contributed by atoms with Gasteiger partial charge in [0.15, 0.2) is 5.69 Å². The molecule has 0 saturated carbocycles. The molecule has 20 heavy (non-hydrogen) atoms. The predicted molar refractivity (Wildman–Crippen MR) is 68.6 cm³/mol. The number of amides is 1. The van der Waals surface area contributed by atoms with E-state index in [9.17, 15) is 13.6 Å². The molecule has 0 spiro atoms. The van der Waals surface area contributed by atoms with Crippen molar-refractivity contribution in [2.75, 3.05) is 20.2 Å². The van der Waals surface area contributed by atoms with E-state index in [4.69, 9.17) is 4.74 Å². The number of carbonyl (C=O) groups excluding carboxylic acids is 1. The van der Waals surface area contributed by atoms with E-state index < -0.39 is 6.55 Å². The SMILES string of the molecule is CN(CCC1CCCCO1)C(=O)c1ccn(C(F)F)n1. The minimum atomic E-state index is -2.72. The zero-order valence-electron chi connectivity index (χ0n) is 11.5. The third-order valence-electron chi connectivity index (χ3n) is 3.43. The minimum Gasteiger partial charge on any atom is -0.378 e. The standard InChI is InChI=1S/C13H19F2N3O2/c1-17(7-5-10-4-2-3-9-20-10)12(19)11-6-8-18(16-11)13(14)15/h6,8,10,13H,2-5,7,9H2,1H3. The summed E-state index contributed by atoms with van der Waals surface area (Å²) in [6.45, 7) is -1.41. The molecule has 1 saturated heterocycles. The van der Waals surface area contributed by atoms with Gasteiger partial charge < -0.3 is 9.64 Å². The predicted octanol–water partition coefficient (Wildman–Crippen LogP) is 2.31. The van der Waals surface area contributed by atoms with Gasteiger partial charge in [-0.2, -0.15) is 13.9 Å². The summed E-state index contributed by atoms with van der Waals surface area (Å²) in [5.74, 6) is -0.347. The van der Waals surface area contributed by atoms with Crippen molar-refractivity contribution >= 4 is 5.91 Å². The molecule has 1 amide bonds. The maximum absolute atomic E-state index is 12.4. The Hall–Kier alpha value is -1.50. The largest absolute Gasteiger partial charge is 0.378 e. The Morgan fingerprint density at radius 1 is 1.60 bits per heavy atom. The fraction of sp³-hybridized carbons (Fsp3) is 0.692. The highest BCUT2D eigenvalue weighted by atomic mass is 19.3. The molecule has 1 fully saturated rings. The maximum Gasteiger partial charge on any atom is 0.333 e. The number of aromatic nitrogens is 2. The van der Waals surface area contributed by atoms with Crippen LogP contribution in [-0.2, 0) is 4.74 Å². The molecule has 1 atom stereocenters. The van der Waals surface area contributed by atoms with Crippen molar-refractivity contribution in [3.8, 4) is 0 Å². The first kappa shape index (κ1) is 14.9. The van der Waals surface area contributed by atoms with Gasteiger partial charge in [-0.1, -0.05) is 0 Å². The van der Waals surface area contributed by atoms with Gasteiger partial charge in [-0.15, -0.1) is 0 Å². The van der Waals surface area contributed by atoms with Gasteiger partial charge in [-0.3, -0.25) is 4.79 Å². The number of carbonyl (C=O) groups is 1. The van der Waals surface area contributed by atoms with Crippen molar-refractivity contribution < 1.29 is 18.3 Å². The Labute approximate surface area is 116 Å². The number of hydrogen-bond acceptors (Lipinski definition) is 3. The summed E-state index contributed by atoms with van der Waals surface area (Å²) in [4.78, 5) is 13.5. The van der Waals surface area contributed by atoms with Crippen LogP contribution in [0.1, 0.15) is 42.7 Å². The average molecular weight is 287 g/mol. The first-order valence-electron chi connectivity index (χ1n) is 6.78. The monoisotopic (exact) mass is 287 g/mol. The Kier molecular flexibility index (Phi) is 5.05. The van der Waals surface area contributed by atoms with Crippen LogP contribution in [0.2, 0.25) is 0 Å². The summed E-state index contributed by atoms with van der Waals surface area (Å²) >= 11 is 0. The Balaban J connectivity index is 1.84. The van der Waals surface area contributed by atoms with E-state index in [1.807, 2.05) is 0 Å². The number of halogens is 2. The molecule has 0 aromatic carbocycles. The molecule has 1 aliphatic heterocycles. The molecule has 0 radical (unpaired) electrons. The van der Waals surface area contributed by atoms with E-state index >= 15 is 0 Å². The van der Waals surface area contributed by atoms with E-state index in [1.165, 1.54) is 11.0 Å². The van der Waals surface area contributed by atoms with Crippen LogP contribution in [0.5, 0.6) is 0 Å². The molecular formula is C13H19F2N3O2. The second-order valence-corrected chi connectivity index (χ2v) is 4.96. The van der Waals surface area contributed by atoms with Crippen LogP contribution in [0.15, 0.2) is 12.3 Å². The summed E-state index contributed by atoms with van der Waals surface area (Å²) in [6, 6.07) is 1.31. The first-order valence-corrected chi connectivity index (χ1v) is 6.78. The molecule has 5 nitrogen and oxygen atoms in total. The number of rotatable bonds is 5. The summed E-state index contributed by atoms with van der Waals surface area (Å²) in [7, 11) is 1.65. The normalized spacial score (nSPS) is 19.3. The lowest BCUT2D eigenvalue weighted by Crippen LogP contribution is -2.31. The van der Waals surface area contributed by atoms with Crippen LogP contribution >= 0.6 is 0 Å². The number of ether oxygens (including phenoxy) is 1. The second-order valence-electron chi connectivity index (χ2n) is 4.96. The summed E-state index contributed by atoms with van der Waals surface area (Å²) < 4.78 is 30.9. The van der Waals surface area contributed by atoms with E-state index in [2.05, 4.69) is 5.10 Å². The third-order valence-corrected chi connectivity index (χ3v) is 3.43. The maximum atomic E-state index is 12.4. The number of alkyl halides is 2. The number of hydrogen-bond donors (Lipinski definition) is 0. The zero-order chi connectivity index (χ0) is 14.5. The topological polar surface area (TPSA) is 47.4 Å². The van der Waals surface area contributed by atoms with E-state index in [1.54, 1.807) is 7.05 Å². The highest BCUT2D eigenvalue weighted by Gasteiger charge is 2.19. The molecule has 112 valence electrons. The molecule has 2 heterocycles. The molecule has 1 aromatic rings. The van der Waals surface area contributed by atoms with Gasteiger partial charge in [-0.05, 0) is 31.7 Å². The van der Waals surface area contributed by atoms with Crippen LogP contribution < -0.4 is 0 Å². The Morgan fingerprint density at radius 2 is 2.40 bits per heavy atom. The van der Waals surface area contributed by atoms with Gasteiger partial charge in [-0.25, -0.2) is 4.68 Å². The highest BCUT2D eigenvalue weighted by Crippen LogP contribution is 2.16. The summed E-state index contributed by atoms with van der Waals surface area (Å²) in [5.41, 5.74) is 0.0392. The fourth-order valence-electron chi connectivity index (χ4n) is 2.23. The van der Waals surface area contributed by atoms with Crippen molar-refractivity contribution in [1.82, 2.24) is 14.7 Å². The minimum absolute atomic E-state index is 0.0392. The van der Waals surface area contributed by atoms with Gasteiger partial charge in [0.25, 0.3) is 5.91 Å². The molecule has 0 N–H and O–H groups in total. The number of nitrogens with zero attached hydrogens (tertiary/aromatic N) is 3. The molecule has 1 aliphatic rings. The van der Waals surface area contributed by atoms with Crippen LogP contribution in [0.3, 0.4) is 0 Å². The van der Waals surface area contributed by atoms with Gasteiger partial charge in [0.1, 0.15) is 0 Å². The lowest BCUT2D eigenvalue weighted by Gasteiger charge is -2.25. The van der Waals surface area contributed by atoms with E-state index in [0.717, 1.165) is 38.5 Å². The van der Waals surface area contributed by atoms with Gasteiger partial charge in [0.2, 0.25) is 0 Å². The zero-order valence-corrected chi connectivity index (χ0v) is 11.5. The highest BCUT2D eigenvalue weighted by molar-refractivity contribution is 5.91. The third kappa shape index (κ3) is 3.75. The van der Waals surface area contributed by atoms with Crippen LogP contribution in [0.25, 0.3) is 0 Å². The fourth-order valence-corrected chi connectivity index (χ4v) is 2.23. The lowest BCUT2D eigenvalue weighted by molar-refractivity contribution is 0.00703. The van der Waals surface area contributed by atoms with Crippen molar-refractivity contribution in [1.29, 1.82) is 0 Å². The summed E-state index contributed by atoms with van der Waals surface area (Å²) in [6.07, 6.45) is 5.32. The molecule has 1 aromatic heterocycles.